The van der Waals surface area contributed by atoms with Gasteiger partial charge in [0.25, 0.3) is 0 Å². The van der Waals surface area contributed by atoms with Crippen molar-refractivity contribution in [2.75, 3.05) is 6.54 Å². The highest BCUT2D eigenvalue weighted by molar-refractivity contribution is 5.28. The maximum Gasteiger partial charge on any atom is 0.232 e. The number of hydrogen-bond donors (Lipinski definition) is 0. The van der Waals surface area contributed by atoms with Gasteiger partial charge in [-0.25, -0.2) is 0 Å². The Balaban J connectivity index is 2.31. The first-order valence-corrected chi connectivity index (χ1v) is 3.65. The zero-order valence-corrected chi connectivity index (χ0v) is 6.14. The number of para-hydroxylation sites is 1. The summed E-state index contributed by atoms with van der Waals surface area (Å²) < 4.78 is 1.96. The molecule has 2 rings (SSSR count). The third-order valence-electron chi connectivity index (χ3n) is 1.64. The number of azo groups is 2. The highest BCUT2D eigenvalue weighted by Gasteiger charge is 2.10. The standard InChI is InChI=1S/C9H9N2/c1-2-5-9(6-3-1)11-8-4-7-10-11/h1-7H,8H2/q+1. The van der Waals surface area contributed by atoms with Crippen molar-refractivity contribution in [1.82, 2.24) is 0 Å². The van der Waals surface area contributed by atoms with Crippen LogP contribution in [0.15, 0.2) is 47.7 Å². The SMILES string of the molecule is C1=CN=[N+](c2ccccc2)C1. The molecule has 0 unspecified atom stereocenters. The fourth-order valence-corrected chi connectivity index (χ4v) is 1.09. The van der Waals surface area contributed by atoms with E-state index in [1.54, 1.807) is 0 Å². The Hall–Kier alpha value is -1.44. The van der Waals surface area contributed by atoms with E-state index in [2.05, 4.69) is 17.2 Å². The van der Waals surface area contributed by atoms with Gasteiger partial charge in [-0.1, -0.05) is 22.9 Å². The summed E-state index contributed by atoms with van der Waals surface area (Å²) in [4.78, 5) is 0. The van der Waals surface area contributed by atoms with Gasteiger partial charge in [0, 0.05) is 18.2 Å². The quantitative estimate of drug-likeness (QED) is 0.539. The molecule has 1 aromatic rings. The van der Waals surface area contributed by atoms with Gasteiger partial charge in [0.15, 0.2) is 6.54 Å². The Morgan fingerprint density at radius 1 is 1.18 bits per heavy atom. The second-order valence-electron chi connectivity index (χ2n) is 2.42. The van der Waals surface area contributed by atoms with Crippen LogP contribution in [0.1, 0.15) is 0 Å². The molecule has 0 spiro atoms. The molecule has 1 aromatic carbocycles. The summed E-state index contributed by atoms with van der Waals surface area (Å²) in [6, 6.07) is 10.1. The second kappa shape index (κ2) is 2.66. The molecule has 0 amide bonds. The maximum absolute atomic E-state index is 4.16. The third-order valence-corrected chi connectivity index (χ3v) is 1.64. The van der Waals surface area contributed by atoms with Crippen LogP contribution in [0.5, 0.6) is 0 Å². The lowest BCUT2D eigenvalue weighted by Crippen LogP contribution is -1.96. The molecule has 2 nitrogen and oxygen atoms in total. The van der Waals surface area contributed by atoms with E-state index in [-0.39, 0.29) is 0 Å². The van der Waals surface area contributed by atoms with E-state index in [4.69, 9.17) is 0 Å². The smallest absolute Gasteiger partial charge is 0.0806 e. The fourth-order valence-electron chi connectivity index (χ4n) is 1.09. The van der Waals surface area contributed by atoms with Gasteiger partial charge in [0.2, 0.25) is 5.69 Å². The topological polar surface area (TPSA) is 15.4 Å². The minimum absolute atomic E-state index is 0.893. The molecule has 1 aliphatic rings. The first kappa shape index (κ1) is 6.28. The van der Waals surface area contributed by atoms with Gasteiger partial charge in [0.1, 0.15) is 0 Å². The number of benzene rings is 1. The minimum Gasteiger partial charge on any atom is -0.0806 e. The zero-order chi connectivity index (χ0) is 7.52. The lowest BCUT2D eigenvalue weighted by molar-refractivity contribution is -0.492. The van der Waals surface area contributed by atoms with Crippen molar-refractivity contribution in [3.63, 3.8) is 0 Å². The van der Waals surface area contributed by atoms with E-state index in [0.717, 1.165) is 12.2 Å². The van der Waals surface area contributed by atoms with Gasteiger partial charge in [-0.3, -0.25) is 0 Å². The van der Waals surface area contributed by atoms with Crippen molar-refractivity contribution in [2.45, 2.75) is 0 Å². The molecular formula is C9H9N2+. The van der Waals surface area contributed by atoms with Crippen LogP contribution in [0.2, 0.25) is 0 Å². The van der Waals surface area contributed by atoms with Gasteiger partial charge in [0.05, 0.1) is 6.20 Å². The summed E-state index contributed by atoms with van der Waals surface area (Å²) in [5.74, 6) is 0. The summed E-state index contributed by atoms with van der Waals surface area (Å²) in [6.45, 7) is 0.893. The Morgan fingerprint density at radius 3 is 2.64 bits per heavy atom. The first-order chi connectivity index (χ1) is 5.47. The molecule has 54 valence electrons. The summed E-state index contributed by atoms with van der Waals surface area (Å²) in [7, 11) is 0. The normalized spacial score (nSPS) is 15.1. The van der Waals surface area contributed by atoms with Crippen molar-refractivity contribution < 1.29 is 4.70 Å². The van der Waals surface area contributed by atoms with Gasteiger partial charge >= 0.3 is 0 Å². The molecule has 2 heteroatoms. The Labute approximate surface area is 65.5 Å². The number of rotatable bonds is 1. The van der Waals surface area contributed by atoms with Gasteiger partial charge < -0.3 is 0 Å². The lowest BCUT2D eigenvalue weighted by atomic mass is 10.3. The van der Waals surface area contributed by atoms with Crippen molar-refractivity contribution in [2.24, 2.45) is 5.11 Å². The molecule has 0 radical (unpaired) electrons. The van der Waals surface area contributed by atoms with E-state index in [0.29, 0.717) is 0 Å². The maximum atomic E-state index is 4.16. The van der Waals surface area contributed by atoms with Crippen LogP contribution in [-0.4, -0.2) is 11.2 Å². The van der Waals surface area contributed by atoms with Crippen molar-refractivity contribution in [3.8, 4) is 0 Å². The van der Waals surface area contributed by atoms with Crippen LogP contribution in [0, 0.1) is 0 Å². The molecule has 0 fully saturated rings. The Kier molecular flexibility index (Phi) is 1.52. The van der Waals surface area contributed by atoms with E-state index in [9.17, 15) is 0 Å². The van der Waals surface area contributed by atoms with Crippen molar-refractivity contribution in [3.05, 3.63) is 42.6 Å². The molecule has 0 atom stereocenters. The van der Waals surface area contributed by atoms with Crippen LogP contribution >= 0.6 is 0 Å². The van der Waals surface area contributed by atoms with Crippen LogP contribution in [-0.2, 0) is 0 Å². The molecule has 0 saturated heterocycles. The van der Waals surface area contributed by atoms with E-state index in [1.165, 1.54) is 0 Å². The molecule has 0 aliphatic carbocycles. The lowest BCUT2D eigenvalue weighted by Gasteiger charge is -1.90. The van der Waals surface area contributed by atoms with Crippen LogP contribution in [0.25, 0.3) is 0 Å². The zero-order valence-electron chi connectivity index (χ0n) is 6.14. The fraction of sp³-hybridized carbons (Fsp3) is 0.111. The van der Waals surface area contributed by atoms with E-state index in [1.807, 2.05) is 35.2 Å². The molecule has 1 aliphatic heterocycles. The summed E-state index contributed by atoms with van der Waals surface area (Å²) in [5.41, 5.74) is 1.15. The van der Waals surface area contributed by atoms with E-state index < -0.39 is 0 Å². The predicted octanol–water partition coefficient (Wildman–Crippen LogP) is 2.31. The summed E-state index contributed by atoms with van der Waals surface area (Å²) in [6.07, 6.45) is 3.86. The molecule has 11 heavy (non-hydrogen) atoms. The first-order valence-electron chi connectivity index (χ1n) is 3.65. The molecule has 1 heterocycles. The van der Waals surface area contributed by atoms with Gasteiger partial charge in [-0.05, 0) is 5.11 Å². The highest BCUT2D eigenvalue weighted by Crippen LogP contribution is 2.13. The van der Waals surface area contributed by atoms with Crippen molar-refractivity contribution >= 4 is 5.69 Å². The number of nitrogens with zero attached hydrogens (tertiary/aromatic N) is 2. The van der Waals surface area contributed by atoms with Gasteiger partial charge in [-0.15, -0.1) is 0 Å². The summed E-state index contributed by atoms with van der Waals surface area (Å²) >= 11 is 0. The molecule has 0 saturated carbocycles. The third kappa shape index (κ3) is 1.19. The predicted molar refractivity (Wildman–Crippen MR) is 42.8 cm³/mol. The van der Waals surface area contributed by atoms with Crippen LogP contribution in [0.4, 0.5) is 5.69 Å². The van der Waals surface area contributed by atoms with Crippen LogP contribution in [0.3, 0.4) is 0 Å². The van der Waals surface area contributed by atoms with Crippen LogP contribution < -0.4 is 0 Å². The largest absolute Gasteiger partial charge is 0.232 e. The van der Waals surface area contributed by atoms with Gasteiger partial charge in [-0.2, -0.15) is 0 Å². The highest BCUT2D eigenvalue weighted by atomic mass is 15.3. The van der Waals surface area contributed by atoms with Crippen molar-refractivity contribution in [1.29, 1.82) is 0 Å². The Bertz CT molecular complexity index is 299. The average Bonchev–Trinajstić information content (AvgIpc) is 2.58. The second-order valence-corrected chi connectivity index (χ2v) is 2.42. The molecule has 0 aromatic heterocycles. The Morgan fingerprint density at radius 2 is 2.00 bits per heavy atom. The molecular weight excluding hydrogens is 136 g/mol. The number of hydrogen-bond acceptors (Lipinski definition) is 1. The minimum atomic E-state index is 0.893. The monoisotopic (exact) mass is 145 g/mol. The van der Waals surface area contributed by atoms with E-state index >= 15 is 0 Å². The molecule has 0 bridgehead atoms. The summed E-state index contributed by atoms with van der Waals surface area (Å²) in [5, 5.41) is 4.16. The average molecular weight is 145 g/mol. The molecule has 0 N–H and O–H groups in total.